The molecule has 0 aliphatic heterocycles. The number of aliphatic carboxylic acids is 1. The molecule has 0 aliphatic rings. The molecule has 0 radical (unpaired) electrons. The molecule has 0 saturated heterocycles. The normalized spacial score (nSPS) is 9.00. The van der Waals surface area contributed by atoms with E-state index in [9.17, 15) is 9.90 Å². The minimum atomic E-state index is -0.995. The van der Waals surface area contributed by atoms with E-state index in [0.29, 0.717) is 6.42 Å². The van der Waals surface area contributed by atoms with Crippen molar-refractivity contribution in [3.63, 3.8) is 0 Å². The molecule has 1 aromatic carbocycles. The summed E-state index contributed by atoms with van der Waals surface area (Å²) < 4.78 is 0. The third kappa shape index (κ3) is 5.43. The van der Waals surface area contributed by atoms with Crippen LogP contribution in [0.4, 0.5) is 0 Å². The summed E-state index contributed by atoms with van der Waals surface area (Å²) in [6.07, 6.45) is 0.642. The first-order chi connectivity index (χ1) is 5.68. The Bertz CT molecular complexity index is 271. The van der Waals surface area contributed by atoms with Crippen LogP contribution in [0.5, 0.6) is 0 Å². The fraction of sp³-hybridized carbons (Fsp3) is 0.222. The van der Waals surface area contributed by atoms with E-state index in [2.05, 4.69) is 9.24 Å². The Hall–Kier alpha value is 0.120. The van der Waals surface area contributed by atoms with Crippen LogP contribution in [-0.2, 0) is 11.2 Å². The second kappa shape index (κ2) is 6.56. The molecule has 0 spiro atoms. The van der Waals surface area contributed by atoms with Crippen molar-refractivity contribution in [3.8, 4) is 0 Å². The Balaban J connectivity index is 0.00000144. The van der Waals surface area contributed by atoms with Crippen molar-refractivity contribution >= 4 is 20.5 Å². The van der Waals surface area contributed by atoms with Gasteiger partial charge in [0, 0.05) is 5.97 Å². The Morgan fingerprint density at radius 3 is 2.31 bits per heavy atom. The van der Waals surface area contributed by atoms with Gasteiger partial charge in [0.25, 0.3) is 0 Å². The molecular weight excluding hydrogens is 194 g/mol. The maximum atomic E-state index is 10.1. The quantitative estimate of drug-likeness (QED) is 0.386. The van der Waals surface area contributed by atoms with Gasteiger partial charge in [-0.05, 0) is 23.7 Å². The molecule has 64 valence electrons. The number of hydrogen-bond acceptors (Lipinski definition) is 2. The van der Waals surface area contributed by atoms with Gasteiger partial charge in [0.15, 0.2) is 0 Å². The predicted octanol–water partition coefficient (Wildman–Crippen LogP) is -3.13. The summed E-state index contributed by atoms with van der Waals surface area (Å²) in [7, 11) is 2.58. The van der Waals surface area contributed by atoms with Crippen LogP contribution in [0.3, 0.4) is 0 Å². The first-order valence-electron chi connectivity index (χ1n) is 3.73. The van der Waals surface area contributed by atoms with Crippen molar-refractivity contribution in [2.75, 3.05) is 0 Å². The van der Waals surface area contributed by atoms with Crippen LogP contribution in [0.25, 0.3) is 0 Å². The number of aryl methyl sites for hydroxylation is 1. The molecule has 0 aliphatic carbocycles. The topological polar surface area (TPSA) is 40.1 Å². The van der Waals surface area contributed by atoms with Crippen molar-refractivity contribution in [1.82, 2.24) is 0 Å². The third-order valence-electron chi connectivity index (χ3n) is 1.60. The average Bonchev–Trinajstić information content (AvgIpc) is 2.03. The molecule has 1 rings (SSSR count). The minimum absolute atomic E-state index is 0. The third-order valence-corrected chi connectivity index (χ3v) is 1.98. The fourth-order valence-corrected chi connectivity index (χ4v) is 1.12. The standard InChI is InChI=1S/C9H11O2P.Na/c10-9(11)6-3-7-1-4-8(12)5-2-7;/h1-2,4-5H,3,6,12H2,(H,10,11);/q;+1/p-1. The number of hydrogen-bond donors (Lipinski definition) is 0. The summed E-state index contributed by atoms with van der Waals surface area (Å²) in [4.78, 5) is 10.1. The number of carboxylic acid groups (broad SMARTS) is 1. The van der Waals surface area contributed by atoms with Crippen molar-refractivity contribution in [1.29, 1.82) is 0 Å². The molecule has 0 heterocycles. The van der Waals surface area contributed by atoms with Gasteiger partial charge in [0.2, 0.25) is 0 Å². The summed E-state index contributed by atoms with van der Waals surface area (Å²) >= 11 is 0. The molecule has 0 amide bonds. The van der Waals surface area contributed by atoms with Crippen molar-refractivity contribution in [3.05, 3.63) is 29.8 Å². The Morgan fingerprint density at radius 1 is 1.31 bits per heavy atom. The number of carboxylic acids is 1. The van der Waals surface area contributed by atoms with Gasteiger partial charge in [-0.15, -0.1) is 9.24 Å². The zero-order valence-electron chi connectivity index (χ0n) is 7.62. The molecule has 0 saturated carbocycles. The van der Waals surface area contributed by atoms with Crippen LogP contribution in [-0.4, -0.2) is 5.97 Å². The fourth-order valence-electron chi connectivity index (χ4n) is 0.931. The van der Waals surface area contributed by atoms with Crippen LogP contribution in [0.1, 0.15) is 12.0 Å². The summed E-state index contributed by atoms with van der Waals surface area (Å²) in [6.45, 7) is 0. The number of carbonyl (C=O) groups is 1. The van der Waals surface area contributed by atoms with Crippen LogP contribution in [0.15, 0.2) is 24.3 Å². The van der Waals surface area contributed by atoms with Crippen LogP contribution >= 0.6 is 9.24 Å². The minimum Gasteiger partial charge on any atom is -0.550 e. The van der Waals surface area contributed by atoms with E-state index in [1.54, 1.807) is 0 Å². The van der Waals surface area contributed by atoms with E-state index in [1.165, 1.54) is 0 Å². The zero-order valence-corrected chi connectivity index (χ0v) is 10.8. The van der Waals surface area contributed by atoms with Crippen LogP contribution in [0, 0.1) is 0 Å². The predicted molar refractivity (Wildman–Crippen MR) is 49.1 cm³/mol. The first kappa shape index (κ1) is 13.1. The summed E-state index contributed by atoms with van der Waals surface area (Å²) in [6, 6.07) is 7.72. The molecule has 1 unspecified atom stereocenters. The molecular formula is C9H10NaO2P. The molecule has 1 aromatic rings. The molecule has 4 heteroatoms. The largest absolute Gasteiger partial charge is 1.00 e. The number of carbonyl (C=O) groups excluding carboxylic acids is 1. The maximum Gasteiger partial charge on any atom is 1.00 e. The second-order valence-electron chi connectivity index (χ2n) is 2.61. The van der Waals surface area contributed by atoms with Gasteiger partial charge in [0.05, 0.1) is 0 Å². The smallest absolute Gasteiger partial charge is 0.550 e. The van der Waals surface area contributed by atoms with E-state index < -0.39 is 5.97 Å². The monoisotopic (exact) mass is 204 g/mol. The van der Waals surface area contributed by atoms with Crippen molar-refractivity contribution in [2.45, 2.75) is 12.8 Å². The van der Waals surface area contributed by atoms with Gasteiger partial charge in [0.1, 0.15) is 0 Å². The molecule has 0 N–H and O–H groups in total. The van der Waals surface area contributed by atoms with E-state index >= 15 is 0 Å². The summed E-state index contributed by atoms with van der Waals surface area (Å²) in [5, 5.41) is 11.2. The van der Waals surface area contributed by atoms with Gasteiger partial charge in [-0.3, -0.25) is 0 Å². The zero-order chi connectivity index (χ0) is 8.97. The molecule has 1 atom stereocenters. The summed E-state index contributed by atoms with van der Waals surface area (Å²) in [5.41, 5.74) is 1.03. The van der Waals surface area contributed by atoms with E-state index in [4.69, 9.17) is 0 Å². The van der Waals surface area contributed by atoms with E-state index in [0.717, 1.165) is 10.9 Å². The van der Waals surface area contributed by atoms with Gasteiger partial charge in [-0.25, -0.2) is 0 Å². The van der Waals surface area contributed by atoms with Crippen molar-refractivity contribution < 1.29 is 39.5 Å². The molecule has 0 aromatic heterocycles. The second-order valence-corrected chi connectivity index (χ2v) is 3.28. The van der Waals surface area contributed by atoms with Gasteiger partial charge in [-0.2, -0.15) is 0 Å². The Labute approximate surface area is 102 Å². The van der Waals surface area contributed by atoms with Gasteiger partial charge in [-0.1, -0.05) is 24.3 Å². The van der Waals surface area contributed by atoms with Gasteiger partial charge < -0.3 is 9.90 Å². The number of rotatable bonds is 3. The first-order valence-corrected chi connectivity index (χ1v) is 4.30. The Kier molecular flexibility index (Phi) is 6.62. The van der Waals surface area contributed by atoms with Crippen LogP contribution < -0.4 is 40.0 Å². The maximum absolute atomic E-state index is 10.1. The molecule has 2 nitrogen and oxygen atoms in total. The van der Waals surface area contributed by atoms with Crippen molar-refractivity contribution in [2.24, 2.45) is 0 Å². The van der Waals surface area contributed by atoms with Gasteiger partial charge >= 0.3 is 29.6 Å². The molecule has 0 fully saturated rings. The molecule has 13 heavy (non-hydrogen) atoms. The summed E-state index contributed by atoms with van der Waals surface area (Å²) in [5.74, 6) is -0.995. The number of benzene rings is 1. The SMILES string of the molecule is O=C([O-])CCc1ccc(P)cc1.[Na+]. The van der Waals surface area contributed by atoms with E-state index in [-0.39, 0.29) is 36.0 Å². The average molecular weight is 204 g/mol. The molecule has 0 bridgehead atoms. The van der Waals surface area contributed by atoms with E-state index in [1.807, 2.05) is 24.3 Å². The Morgan fingerprint density at radius 2 is 1.85 bits per heavy atom. The van der Waals surface area contributed by atoms with Crippen LogP contribution in [0.2, 0.25) is 0 Å².